The number of para-hydroxylation sites is 1. The standard InChI is InChI=1S/C20H25N3O4S/c1-13(2)27-19-14(7-6-8-17(19)25-4)12-21-23-20(28)22-15-9-10-16(24-3)18(11-15)26-5/h6-13H,1-5H3,(H2,22,23,28)/b21-12-. The summed E-state index contributed by atoms with van der Waals surface area (Å²) in [5, 5.41) is 7.56. The average molecular weight is 404 g/mol. The number of rotatable bonds is 8. The van der Waals surface area contributed by atoms with E-state index in [1.807, 2.05) is 38.1 Å². The molecule has 0 fully saturated rings. The maximum absolute atomic E-state index is 5.85. The third-order valence-corrected chi connectivity index (χ3v) is 3.79. The number of hydrogen-bond donors (Lipinski definition) is 2. The van der Waals surface area contributed by atoms with E-state index in [0.717, 1.165) is 11.3 Å². The Morgan fingerprint density at radius 1 is 1.00 bits per heavy atom. The van der Waals surface area contributed by atoms with Crippen LogP contribution in [0.4, 0.5) is 5.69 Å². The van der Waals surface area contributed by atoms with Crippen molar-refractivity contribution in [2.24, 2.45) is 5.10 Å². The van der Waals surface area contributed by atoms with Crippen molar-refractivity contribution in [3.05, 3.63) is 42.0 Å². The first-order valence-electron chi connectivity index (χ1n) is 8.64. The molecular formula is C20H25N3O4S. The summed E-state index contributed by atoms with van der Waals surface area (Å²) in [4.78, 5) is 0. The maximum Gasteiger partial charge on any atom is 0.191 e. The number of hydrogen-bond acceptors (Lipinski definition) is 6. The van der Waals surface area contributed by atoms with Crippen molar-refractivity contribution in [1.82, 2.24) is 5.43 Å². The molecule has 0 aliphatic carbocycles. The molecule has 2 aromatic rings. The molecule has 0 bridgehead atoms. The number of hydrazone groups is 1. The summed E-state index contributed by atoms with van der Waals surface area (Å²) in [5.74, 6) is 2.51. The summed E-state index contributed by atoms with van der Waals surface area (Å²) in [6.45, 7) is 3.90. The van der Waals surface area contributed by atoms with Crippen LogP contribution in [-0.4, -0.2) is 38.8 Å². The molecule has 0 saturated heterocycles. The molecule has 0 aromatic heterocycles. The third kappa shape index (κ3) is 5.75. The smallest absolute Gasteiger partial charge is 0.191 e. The van der Waals surface area contributed by atoms with Gasteiger partial charge in [0.1, 0.15) is 0 Å². The van der Waals surface area contributed by atoms with Gasteiger partial charge in [-0.05, 0) is 50.3 Å². The predicted octanol–water partition coefficient (Wildman–Crippen LogP) is 3.82. The van der Waals surface area contributed by atoms with Crippen LogP contribution in [0, 0.1) is 0 Å². The Morgan fingerprint density at radius 2 is 1.71 bits per heavy atom. The van der Waals surface area contributed by atoms with Gasteiger partial charge < -0.3 is 24.3 Å². The SMILES string of the molecule is COc1ccc(NC(=S)N/N=C\c2cccc(OC)c2OC(C)C)cc1OC. The van der Waals surface area contributed by atoms with Crippen LogP contribution in [0.2, 0.25) is 0 Å². The van der Waals surface area contributed by atoms with Crippen molar-refractivity contribution in [3.63, 3.8) is 0 Å². The van der Waals surface area contributed by atoms with Gasteiger partial charge in [-0.2, -0.15) is 5.10 Å². The predicted molar refractivity (Wildman–Crippen MR) is 115 cm³/mol. The summed E-state index contributed by atoms with van der Waals surface area (Å²) in [5.41, 5.74) is 4.30. The third-order valence-electron chi connectivity index (χ3n) is 3.59. The Morgan fingerprint density at radius 3 is 2.36 bits per heavy atom. The van der Waals surface area contributed by atoms with E-state index >= 15 is 0 Å². The zero-order valence-corrected chi connectivity index (χ0v) is 17.4. The van der Waals surface area contributed by atoms with E-state index in [-0.39, 0.29) is 6.10 Å². The number of nitrogens with zero attached hydrogens (tertiary/aromatic N) is 1. The number of benzene rings is 2. The zero-order valence-electron chi connectivity index (χ0n) is 16.6. The van der Waals surface area contributed by atoms with Gasteiger partial charge in [-0.25, -0.2) is 0 Å². The molecule has 2 N–H and O–H groups in total. The van der Waals surface area contributed by atoms with Crippen molar-refractivity contribution >= 4 is 29.2 Å². The Kier molecular flexibility index (Phi) is 7.88. The van der Waals surface area contributed by atoms with E-state index in [4.69, 9.17) is 31.2 Å². The largest absolute Gasteiger partial charge is 0.493 e. The second-order valence-corrected chi connectivity index (χ2v) is 6.35. The summed E-state index contributed by atoms with van der Waals surface area (Å²) in [6, 6.07) is 11.0. The summed E-state index contributed by atoms with van der Waals surface area (Å²) in [6.07, 6.45) is 1.63. The van der Waals surface area contributed by atoms with Gasteiger partial charge in [0.25, 0.3) is 0 Å². The van der Waals surface area contributed by atoms with Crippen LogP contribution in [0.25, 0.3) is 0 Å². The van der Waals surface area contributed by atoms with Crippen molar-refractivity contribution in [2.75, 3.05) is 26.6 Å². The minimum atomic E-state index is 0.00389. The highest BCUT2D eigenvalue weighted by atomic mass is 32.1. The van der Waals surface area contributed by atoms with Gasteiger partial charge in [-0.15, -0.1) is 0 Å². The molecule has 2 rings (SSSR count). The van der Waals surface area contributed by atoms with E-state index in [2.05, 4.69) is 15.8 Å². The molecule has 0 radical (unpaired) electrons. The van der Waals surface area contributed by atoms with Gasteiger partial charge in [-0.3, -0.25) is 5.43 Å². The number of thiocarbonyl (C=S) groups is 1. The summed E-state index contributed by atoms with van der Waals surface area (Å²) >= 11 is 5.28. The Balaban J connectivity index is 2.06. The van der Waals surface area contributed by atoms with Crippen molar-refractivity contribution in [2.45, 2.75) is 20.0 Å². The molecule has 8 heteroatoms. The first kappa shape index (κ1) is 21.3. The number of nitrogens with one attached hydrogen (secondary N) is 2. The normalized spacial score (nSPS) is 10.6. The second kappa shape index (κ2) is 10.4. The number of ether oxygens (including phenoxy) is 4. The minimum absolute atomic E-state index is 0.00389. The molecule has 0 saturated carbocycles. The molecule has 0 spiro atoms. The van der Waals surface area contributed by atoms with Crippen molar-refractivity contribution in [1.29, 1.82) is 0 Å². The fourth-order valence-corrected chi connectivity index (χ4v) is 2.56. The van der Waals surface area contributed by atoms with E-state index in [0.29, 0.717) is 28.1 Å². The number of anilines is 1. The van der Waals surface area contributed by atoms with Crippen LogP contribution in [0.3, 0.4) is 0 Å². The summed E-state index contributed by atoms with van der Waals surface area (Å²) in [7, 11) is 4.76. The Labute approximate surface area is 170 Å². The molecule has 0 heterocycles. The van der Waals surface area contributed by atoms with Crippen molar-refractivity contribution in [3.8, 4) is 23.0 Å². The monoisotopic (exact) mass is 403 g/mol. The van der Waals surface area contributed by atoms with E-state index < -0.39 is 0 Å². The topological polar surface area (TPSA) is 73.3 Å². The van der Waals surface area contributed by atoms with Gasteiger partial charge >= 0.3 is 0 Å². The van der Waals surface area contributed by atoms with E-state index in [9.17, 15) is 0 Å². The molecule has 28 heavy (non-hydrogen) atoms. The average Bonchev–Trinajstić information content (AvgIpc) is 2.68. The quantitative estimate of drug-likeness (QED) is 0.394. The molecule has 150 valence electrons. The highest BCUT2D eigenvalue weighted by Gasteiger charge is 2.11. The first-order chi connectivity index (χ1) is 13.5. The lowest BCUT2D eigenvalue weighted by Gasteiger charge is -2.15. The highest BCUT2D eigenvalue weighted by Crippen LogP contribution is 2.31. The van der Waals surface area contributed by atoms with Crippen LogP contribution in [0.5, 0.6) is 23.0 Å². The van der Waals surface area contributed by atoms with Crippen LogP contribution < -0.4 is 29.7 Å². The van der Waals surface area contributed by atoms with Gasteiger partial charge in [0.2, 0.25) is 0 Å². The number of methoxy groups -OCH3 is 3. The van der Waals surface area contributed by atoms with E-state index in [1.54, 1.807) is 39.7 Å². The molecule has 0 amide bonds. The minimum Gasteiger partial charge on any atom is -0.493 e. The van der Waals surface area contributed by atoms with Crippen molar-refractivity contribution < 1.29 is 18.9 Å². The van der Waals surface area contributed by atoms with Crippen LogP contribution in [0.1, 0.15) is 19.4 Å². The lowest BCUT2D eigenvalue weighted by molar-refractivity contribution is 0.230. The molecular weight excluding hydrogens is 378 g/mol. The van der Waals surface area contributed by atoms with Gasteiger partial charge in [-0.1, -0.05) is 6.07 Å². The lowest BCUT2D eigenvalue weighted by atomic mass is 10.2. The second-order valence-electron chi connectivity index (χ2n) is 5.94. The van der Waals surface area contributed by atoms with Crippen LogP contribution in [0.15, 0.2) is 41.5 Å². The molecule has 0 aliphatic rings. The van der Waals surface area contributed by atoms with E-state index in [1.165, 1.54) is 0 Å². The fraction of sp³-hybridized carbons (Fsp3) is 0.300. The Bertz CT molecular complexity index is 840. The molecule has 0 atom stereocenters. The molecule has 0 aliphatic heterocycles. The highest BCUT2D eigenvalue weighted by molar-refractivity contribution is 7.80. The summed E-state index contributed by atoms with van der Waals surface area (Å²) < 4.78 is 21.7. The lowest BCUT2D eigenvalue weighted by Crippen LogP contribution is -2.23. The first-order valence-corrected chi connectivity index (χ1v) is 9.05. The maximum atomic E-state index is 5.85. The molecule has 0 unspecified atom stereocenters. The zero-order chi connectivity index (χ0) is 20.5. The van der Waals surface area contributed by atoms with Crippen LogP contribution in [-0.2, 0) is 0 Å². The Hall–Kier alpha value is -3.00. The van der Waals surface area contributed by atoms with Gasteiger partial charge in [0.15, 0.2) is 28.1 Å². The van der Waals surface area contributed by atoms with Gasteiger partial charge in [0.05, 0.1) is 33.6 Å². The van der Waals surface area contributed by atoms with Gasteiger partial charge in [0, 0.05) is 17.3 Å². The molecule has 2 aromatic carbocycles. The molecule has 7 nitrogen and oxygen atoms in total. The fourth-order valence-electron chi connectivity index (χ4n) is 2.39. The van der Waals surface area contributed by atoms with Crippen LogP contribution >= 0.6 is 12.2 Å².